The van der Waals surface area contributed by atoms with Crippen LogP contribution in [0.1, 0.15) is 60.5 Å². The summed E-state index contributed by atoms with van der Waals surface area (Å²) < 4.78 is 100. The number of halogens is 7. The fraction of sp³-hybridized carbons (Fsp3) is 0.519. The van der Waals surface area contributed by atoms with Gasteiger partial charge in [-0.3, -0.25) is 9.69 Å². The average molecular weight is 547 g/mol. The molecule has 0 aromatic heterocycles. The molecule has 1 saturated heterocycles. The lowest BCUT2D eigenvalue weighted by molar-refractivity contribution is -0.143. The normalized spacial score (nSPS) is 27.1. The van der Waals surface area contributed by atoms with Crippen molar-refractivity contribution >= 4 is 5.91 Å². The Morgan fingerprint density at radius 1 is 0.947 bits per heavy atom. The molecule has 1 saturated carbocycles. The Labute approximate surface area is 216 Å². The van der Waals surface area contributed by atoms with Crippen molar-refractivity contribution in [3.63, 3.8) is 0 Å². The van der Waals surface area contributed by atoms with Gasteiger partial charge in [-0.1, -0.05) is 12.1 Å². The van der Waals surface area contributed by atoms with Crippen molar-refractivity contribution < 1.29 is 40.3 Å². The zero-order chi connectivity index (χ0) is 28.0. The molecule has 38 heavy (non-hydrogen) atoms. The van der Waals surface area contributed by atoms with Crippen LogP contribution in [0, 0.1) is 11.7 Å². The molecule has 1 heterocycles. The Bertz CT molecular complexity index is 1120. The van der Waals surface area contributed by atoms with Gasteiger partial charge in [0.05, 0.1) is 29.4 Å². The summed E-state index contributed by atoms with van der Waals surface area (Å²) in [4.78, 5) is 14.3. The molecule has 208 valence electrons. The predicted molar refractivity (Wildman–Crippen MR) is 126 cm³/mol. The van der Waals surface area contributed by atoms with Gasteiger partial charge in [0.2, 0.25) is 5.91 Å². The summed E-state index contributed by atoms with van der Waals surface area (Å²) in [6, 6.07) is 6.71. The maximum atomic E-state index is 13.7. The summed E-state index contributed by atoms with van der Waals surface area (Å²) >= 11 is 0. The van der Waals surface area contributed by atoms with Gasteiger partial charge in [-0.2, -0.15) is 26.3 Å². The van der Waals surface area contributed by atoms with Gasteiger partial charge in [0.15, 0.2) is 0 Å². The second-order valence-electron chi connectivity index (χ2n) is 10.3. The Hall–Kier alpha value is -2.66. The molecule has 1 N–H and O–H groups in total. The largest absolute Gasteiger partial charge is 0.416 e. The fourth-order valence-corrected chi connectivity index (χ4v) is 5.71. The maximum Gasteiger partial charge on any atom is 0.416 e. The second-order valence-corrected chi connectivity index (χ2v) is 10.3. The van der Waals surface area contributed by atoms with Gasteiger partial charge in [0, 0.05) is 12.0 Å². The summed E-state index contributed by atoms with van der Waals surface area (Å²) in [5.74, 6) is -1.02. The average Bonchev–Trinajstić information content (AvgIpc) is 3.41. The lowest BCUT2D eigenvalue weighted by atomic mass is 9.82. The van der Waals surface area contributed by atoms with Crippen LogP contribution >= 0.6 is 0 Å². The molecule has 1 unspecified atom stereocenters. The molecule has 2 fully saturated rings. The van der Waals surface area contributed by atoms with Crippen molar-refractivity contribution in [1.82, 2.24) is 10.2 Å². The van der Waals surface area contributed by atoms with E-state index in [1.165, 1.54) is 19.1 Å². The summed E-state index contributed by atoms with van der Waals surface area (Å²) in [6.45, 7) is 1.42. The molecule has 2 aromatic rings. The number of alkyl halides is 6. The number of hydrogen-bond acceptors (Lipinski definition) is 3. The van der Waals surface area contributed by atoms with E-state index in [1.807, 2.05) is 4.90 Å². The lowest BCUT2D eigenvalue weighted by Crippen LogP contribution is -2.37. The van der Waals surface area contributed by atoms with Crippen LogP contribution in [0.25, 0.3) is 0 Å². The molecule has 0 bridgehead atoms. The zero-order valence-corrected chi connectivity index (χ0v) is 21.0. The molecule has 1 aliphatic heterocycles. The van der Waals surface area contributed by atoms with E-state index in [1.54, 1.807) is 26.2 Å². The number of nitrogens with one attached hydrogen (secondary N) is 1. The summed E-state index contributed by atoms with van der Waals surface area (Å²) in [7, 11) is 3.60. The molecule has 1 aliphatic carbocycles. The van der Waals surface area contributed by atoms with Crippen molar-refractivity contribution in [3.8, 4) is 0 Å². The standard InChI is InChI=1S/C27H29F7N2O2/c1-14(16-10-17(26(29,30)31)12-18(11-16)27(32,33)34)38-23-9-8-20(21-13-22(36(2)3)25(37)35-21)24(23)15-4-6-19(28)7-5-15/h4-7,10-12,14,20-24H,8-9,13H2,1-3H3,(H,35,37)/t14-,20?,21-,22-,23+,24+/m1/s1. The third-order valence-corrected chi connectivity index (χ3v) is 7.61. The quantitative estimate of drug-likeness (QED) is 0.431. The number of amides is 1. The number of likely N-dealkylation sites (N-methyl/N-ethyl adjacent to an activating group) is 1. The highest BCUT2D eigenvalue weighted by atomic mass is 19.4. The maximum absolute atomic E-state index is 13.7. The SMILES string of the molecule is C[C@@H](O[C@H]1CCC([C@H]2C[C@@H](N(C)C)C(=O)N2)[C@@H]1c1ccc(F)cc1)c1cc(C(F)(F)F)cc(C(F)(F)F)c1. The van der Waals surface area contributed by atoms with E-state index in [4.69, 9.17) is 4.74 Å². The van der Waals surface area contributed by atoms with E-state index < -0.39 is 41.5 Å². The minimum Gasteiger partial charge on any atom is -0.370 e. The van der Waals surface area contributed by atoms with Crippen LogP contribution in [-0.2, 0) is 21.9 Å². The number of hydrogen-bond donors (Lipinski definition) is 1. The number of benzene rings is 2. The lowest BCUT2D eigenvalue weighted by Gasteiger charge is -2.31. The highest BCUT2D eigenvalue weighted by molar-refractivity contribution is 5.84. The van der Waals surface area contributed by atoms with E-state index >= 15 is 0 Å². The van der Waals surface area contributed by atoms with E-state index in [-0.39, 0.29) is 41.5 Å². The van der Waals surface area contributed by atoms with E-state index in [0.717, 1.165) is 5.56 Å². The highest BCUT2D eigenvalue weighted by Gasteiger charge is 2.47. The molecule has 1 amide bonds. The number of carbonyl (C=O) groups is 1. The number of ether oxygens (including phenoxy) is 1. The van der Waals surface area contributed by atoms with Crippen molar-refractivity contribution in [2.24, 2.45) is 5.92 Å². The monoisotopic (exact) mass is 546 g/mol. The van der Waals surface area contributed by atoms with Crippen molar-refractivity contribution in [2.75, 3.05) is 14.1 Å². The minimum atomic E-state index is -4.96. The van der Waals surface area contributed by atoms with Crippen LogP contribution in [0.3, 0.4) is 0 Å². The molecule has 2 aromatic carbocycles. The van der Waals surface area contributed by atoms with E-state index in [2.05, 4.69) is 5.32 Å². The number of carbonyl (C=O) groups excluding carboxylic acids is 1. The predicted octanol–water partition coefficient (Wildman–Crippen LogP) is 6.32. The third-order valence-electron chi connectivity index (χ3n) is 7.61. The molecule has 4 rings (SSSR count). The van der Waals surface area contributed by atoms with Gasteiger partial charge >= 0.3 is 12.4 Å². The fourth-order valence-electron chi connectivity index (χ4n) is 5.71. The summed E-state index contributed by atoms with van der Waals surface area (Å²) in [5.41, 5.74) is -2.31. The third kappa shape index (κ3) is 5.98. The van der Waals surface area contributed by atoms with E-state index in [0.29, 0.717) is 31.4 Å². The van der Waals surface area contributed by atoms with Gasteiger partial charge in [0.1, 0.15) is 5.82 Å². The molecule has 4 nitrogen and oxygen atoms in total. The molecule has 11 heteroatoms. The van der Waals surface area contributed by atoms with Gasteiger partial charge in [-0.25, -0.2) is 4.39 Å². The molecule has 0 radical (unpaired) electrons. The van der Waals surface area contributed by atoms with Gasteiger partial charge in [-0.15, -0.1) is 0 Å². The van der Waals surface area contributed by atoms with Crippen LogP contribution in [-0.4, -0.2) is 43.1 Å². The van der Waals surface area contributed by atoms with Crippen molar-refractivity contribution in [1.29, 1.82) is 0 Å². The number of nitrogens with zero attached hydrogens (tertiary/aromatic N) is 1. The summed E-state index contributed by atoms with van der Waals surface area (Å²) in [5, 5.41) is 3.03. The molecule has 2 aliphatic rings. The van der Waals surface area contributed by atoms with Gasteiger partial charge in [-0.05, 0) is 87.7 Å². The topological polar surface area (TPSA) is 41.6 Å². The van der Waals surface area contributed by atoms with Crippen LogP contribution in [0.5, 0.6) is 0 Å². The number of rotatable bonds is 6. The van der Waals surface area contributed by atoms with Gasteiger partial charge < -0.3 is 10.1 Å². The first-order chi connectivity index (χ1) is 17.6. The summed E-state index contributed by atoms with van der Waals surface area (Å²) in [6.07, 6.45) is -9.96. The molecule has 6 atom stereocenters. The highest BCUT2D eigenvalue weighted by Crippen LogP contribution is 2.47. The first-order valence-corrected chi connectivity index (χ1v) is 12.3. The smallest absolute Gasteiger partial charge is 0.370 e. The van der Waals surface area contributed by atoms with Crippen LogP contribution < -0.4 is 5.32 Å². The minimum absolute atomic E-state index is 0.0904. The van der Waals surface area contributed by atoms with Gasteiger partial charge in [0.25, 0.3) is 0 Å². The van der Waals surface area contributed by atoms with Crippen molar-refractivity contribution in [3.05, 3.63) is 70.5 Å². The van der Waals surface area contributed by atoms with Crippen LogP contribution in [0.2, 0.25) is 0 Å². The zero-order valence-electron chi connectivity index (χ0n) is 21.0. The van der Waals surface area contributed by atoms with Crippen LogP contribution in [0.15, 0.2) is 42.5 Å². The van der Waals surface area contributed by atoms with Crippen molar-refractivity contribution in [2.45, 2.75) is 68.7 Å². The van der Waals surface area contributed by atoms with E-state index in [9.17, 15) is 35.5 Å². The Balaban J connectivity index is 1.64. The molecular formula is C27H29F7N2O2. The second kappa shape index (κ2) is 10.5. The van der Waals surface area contributed by atoms with Crippen LogP contribution in [0.4, 0.5) is 30.7 Å². The Morgan fingerprint density at radius 2 is 1.53 bits per heavy atom. The molecule has 0 spiro atoms. The first kappa shape index (κ1) is 28.4. The Morgan fingerprint density at radius 3 is 2.03 bits per heavy atom. The molecular weight excluding hydrogens is 517 g/mol. The Kier molecular flexibility index (Phi) is 7.82. The first-order valence-electron chi connectivity index (χ1n) is 12.3.